The fourth-order valence-electron chi connectivity index (χ4n) is 2.48. The van der Waals surface area contributed by atoms with Crippen molar-refractivity contribution in [3.63, 3.8) is 0 Å². The van der Waals surface area contributed by atoms with Crippen LogP contribution in [0.2, 0.25) is 0 Å². The summed E-state index contributed by atoms with van der Waals surface area (Å²) in [5, 5.41) is 8.80. The number of benzene rings is 1. The monoisotopic (exact) mass is 263 g/mol. The second-order valence-electron chi connectivity index (χ2n) is 5.23. The minimum atomic E-state index is -0.908. The Morgan fingerprint density at radius 2 is 2.16 bits per heavy atom. The van der Waals surface area contributed by atoms with Crippen LogP contribution >= 0.6 is 0 Å². The van der Waals surface area contributed by atoms with E-state index in [1.54, 1.807) is 24.3 Å². The van der Waals surface area contributed by atoms with Crippen molar-refractivity contribution in [3.8, 4) is 5.75 Å². The van der Waals surface area contributed by atoms with Crippen molar-refractivity contribution in [2.75, 3.05) is 26.2 Å². The van der Waals surface area contributed by atoms with Gasteiger partial charge in [-0.15, -0.1) is 0 Å². The lowest BCUT2D eigenvalue weighted by atomic mass is 10.0. The van der Waals surface area contributed by atoms with Gasteiger partial charge in [0.05, 0.1) is 5.56 Å². The molecule has 19 heavy (non-hydrogen) atoms. The predicted octanol–water partition coefficient (Wildman–Crippen LogP) is 2.50. The van der Waals surface area contributed by atoms with Crippen molar-refractivity contribution in [3.05, 3.63) is 29.8 Å². The molecule has 1 aliphatic rings. The van der Waals surface area contributed by atoms with Gasteiger partial charge in [0.15, 0.2) is 0 Å². The maximum atomic E-state index is 10.7. The van der Waals surface area contributed by atoms with E-state index in [1.165, 1.54) is 12.8 Å². The average Bonchev–Trinajstić information content (AvgIpc) is 2.39. The molecule has 1 unspecified atom stereocenters. The normalized spacial score (nSPS) is 20.2. The molecule has 0 bridgehead atoms. The van der Waals surface area contributed by atoms with Crippen molar-refractivity contribution in [2.24, 2.45) is 5.92 Å². The molecule has 2 rings (SSSR count). The van der Waals surface area contributed by atoms with Gasteiger partial charge in [0.1, 0.15) is 12.4 Å². The molecule has 1 atom stereocenters. The largest absolute Gasteiger partial charge is 0.492 e. The number of likely N-dealkylation sites (tertiary alicyclic amines) is 1. The summed E-state index contributed by atoms with van der Waals surface area (Å²) in [4.78, 5) is 13.1. The Balaban J connectivity index is 1.74. The van der Waals surface area contributed by atoms with Crippen LogP contribution in [0.5, 0.6) is 5.75 Å². The van der Waals surface area contributed by atoms with Gasteiger partial charge in [-0.2, -0.15) is 0 Å². The lowest BCUT2D eigenvalue weighted by molar-refractivity contribution is 0.0697. The predicted molar refractivity (Wildman–Crippen MR) is 73.7 cm³/mol. The fourth-order valence-corrected chi connectivity index (χ4v) is 2.48. The molecule has 0 saturated carbocycles. The van der Waals surface area contributed by atoms with Crippen molar-refractivity contribution < 1.29 is 14.6 Å². The summed E-state index contributed by atoms with van der Waals surface area (Å²) in [5.74, 6) is 0.604. The summed E-state index contributed by atoms with van der Waals surface area (Å²) in [5.41, 5.74) is 0.289. The van der Waals surface area contributed by atoms with Gasteiger partial charge in [-0.3, -0.25) is 4.90 Å². The molecule has 1 N–H and O–H groups in total. The van der Waals surface area contributed by atoms with Gasteiger partial charge in [-0.1, -0.05) is 6.92 Å². The fraction of sp³-hybridized carbons (Fsp3) is 0.533. The molecule has 1 saturated heterocycles. The number of carbonyl (C=O) groups is 1. The van der Waals surface area contributed by atoms with Crippen LogP contribution in [0.1, 0.15) is 30.1 Å². The van der Waals surface area contributed by atoms with E-state index in [4.69, 9.17) is 9.84 Å². The number of carboxylic acids is 1. The molecule has 0 aromatic heterocycles. The Morgan fingerprint density at radius 1 is 1.42 bits per heavy atom. The lowest BCUT2D eigenvalue weighted by Crippen LogP contribution is -2.37. The maximum absolute atomic E-state index is 10.7. The van der Waals surface area contributed by atoms with E-state index in [2.05, 4.69) is 11.8 Å². The van der Waals surface area contributed by atoms with Crippen LogP contribution in [0, 0.1) is 5.92 Å². The van der Waals surface area contributed by atoms with E-state index in [0.29, 0.717) is 6.61 Å². The van der Waals surface area contributed by atoms with Crippen LogP contribution in [-0.2, 0) is 0 Å². The quantitative estimate of drug-likeness (QED) is 0.886. The van der Waals surface area contributed by atoms with E-state index < -0.39 is 5.97 Å². The highest BCUT2D eigenvalue weighted by Gasteiger charge is 2.15. The number of hydrogen-bond donors (Lipinski definition) is 1. The second-order valence-corrected chi connectivity index (χ2v) is 5.23. The summed E-state index contributed by atoms with van der Waals surface area (Å²) < 4.78 is 5.64. The molecule has 0 spiro atoms. The highest BCUT2D eigenvalue weighted by Crippen LogP contribution is 2.16. The van der Waals surface area contributed by atoms with Crippen LogP contribution in [0.3, 0.4) is 0 Å². The van der Waals surface area contributed by atoms with Crippen LogP contribution in [0.4, 0.5) is 0 Å². The number of rotatable bonds is 5. The molecule has 0 radical (unpaired) electrons. The van der Waals surface area contributed by atoms with E-state index in [9.17, 15) is 4.79 Å². The molecule has 1 heterocycles. The number of nitrogens with zero attached hydrogens (tertiary/aromatic N) is 1. The lowest BCUT2D eigenvalue weighted by Gasteiger charge is -2.30. The van der Waals surface area contributed by atoms with Crippen LogP contribution in [0.15, 0.2) is 24.3 Å². The number of hydrogen-bond acceptors (Lipinski definition) is 3. The van der Waals surface area contributed by atoms with E-state index in [1.807, 2.05) is 0 Å². The van der Waals surface area contributed by atoms with Crippen molar-refractivity contribution in [1.29, 1.82) is 0 Å². The third-order valence-corrected chi connectivity index (χ3v) is 3.52. The van der Waals surface area contributed by atoms with Crippen LogP contribution in [0.25, 0.3) is 0 Å². The van der Waals surface area contributed by atoms with Gasteiger partial charge in [-0.25, -0.2) is 4.79 Å². The van der Waals surface area contributed by atoms with Gasteiger partial charge in [0.25, 0.3) is 0 Å². The first-order valence-corrected chi connectivity index (χ1v) is 6.83. The first-order chi connectivity index (χ1) is 9.15. The van der Waals surface area contributed by atoms with Crippen molar-refractivity contribution in [1.82, 2.24) is 4.90 Å². The van der Waals surface area contributed by atoms with Gasteiger partial charge in [0.2, 0.25) is 0 Å². The van der Waals surface area contributed by atoms with E-state index in [0.717, 1.165) is 31.3 Å². The maximum Gasteiger partial charge on any atom is 0.335 e. The molecule has 1 aliphatic heterocycles. The zero-order valence-electron chi connectivity index (χ0n) is 11.3. The summed E-state index contributed by atoms with van der Waals surface area (Å²) in [6.45, 7) is 6.19. The molecule has 0 amide bonds. The summed E-state index contributed by atoms with van der Waals surface area (Å²) in [6, 6.07) is 6.56. The highest BCUT2D eigenvalue weighted by molar-refractivity contribution is 5.87. The SMILES string of the molecule is CC1CCCN(CCOc2ccc(C(=O)O)cc2)C1. The van der Waals surface area contributed by atoms with Crippen molar-refractivity contribution >= 4 is 5.97 Å². The summed E-state index contributed by atoms with van der Waals surface area (Å²) >= 11 is 0. The minimum absolute atomic E-state index is 0.289. The smallest absolute Gasteiger partial charge is 0.335 e. The third-order valence-electron chi connectivity index (χ3n) is 3.52. The van der Waals surface area contributed by atoms with E-state index in [-0.39, 0.29) is 5.56 Å². The molecule has 0 aliphatic carbocycles. The van der Waals surface area contributed by atoms with Gasteiger partial charge in [-0.05, 0) is 49.6 Å². The van der Waals surface area contributed by atoms with Crippen LogP contribution in [-0.4, -0.2) is 42.2 Å². The third kappa shape index (κ3) is 4.24. The second kappa shape index (κ2) is 6.57. The number of piperidine rings is 1. The van der Waals surface area contributed by atoms with E-state index >= 15 is 0 Å². The molecule has 4 nitrogen and oxygen atoms in total. The zero-order chi connectivity index (χ0) is 13.7. The number of ether oxygens (including phenoxy) is 1. The average molecular weight is 263 g/mol. The Morgan fingerprint density at radius 3 is 2.79 bits per heavy atom. The van der Waals surface area contributed by atoms with Gasteiger partial charge >= 0.3 is 5.97 Å². The minimum Gasteiger partial charge on any atom is -0.492 e. The Hall–Kier alpha value is -1.55. The zero-order valence-corrected chi connectivity index (χ0v) is 11.3. The molecule has 1 aromatic carbocycles. The molecule has 1 fully saturated rings. The highest BCUT2D eigenvalue weighted by atomic mass is 16.5. The Kier molecular flexibility index (Phi) is 4.80. The Bertz CT molecular complexity index is 416. The van der Waals surface area contributed by atoms with Gasteiger partial charge < -0.3 is 9.84 Å². The Labute approximate surface area is 114 Å². The molecular weight excluding hydrogens is 242 g/mol. The summed E-state index contributed by atoms with van der Waals surface area (Å²) in [7, 11) is 0. The molecule has 104 valence electrons. The van der Waals surface area contributed by atoms with Gasteiger partial charge in [0, 0.05) is 13.1 Å². The molecular formula is C15H21NO3. The number of carboxylic acid groups (broad SMARTS) is 1. The number of aromatic carboxylic acids is 1. The molecule has 4 heteroatoms. The first kappa shape index (κ1) is 13.9. The van der Waals surface area contributed by atoms with Crippen LogP contribution < -0.4 is 4.74 Å². The standard InChI is InChI=1S/C15H21NO3/c1-12-3-2-8-16(11-12)9-10-19-14-6-4-13(5-7-14)15(17)18/h4-7,12H,2-3,8-11H2,1H3,(H,17,18). The molecule has 1 aromatic rings. The van der Waals surface area contributed by atoms with Crippen molar-refractivity contribution in [2.45, 2.75) is 19.8 Å². The topological polar surface area (TPSA) is 49.8 Å². The first-order valence-electron chi connectivity index (χ1n) is 6.83. The summed E-state index contributed by atoms with van der Waals surface area (Å²) in [6.07, 6.45) is 2.60.